The summed E-state index contributed by atoms with van der Waals surface area (Å²) in [4.78, 5) is 15.7. The van der Waals surface area contributed by atoms with Crippen LogP contribution in [0.25, 0.3) is 10.9 Å². The van der Waals surface area contributed by atoms with Crippen molar-refractivity contribution in [3.8, 4) is 5.75 Å². The van der Waals surface area contributed by atoms with Gasteiger partial charge in [0, 0.05) is 17.1 Å². The van der Waals surface area contributed by atoms with Crippen LogP contribution in [0.4, 0.5) is 0 Å². The van der Waals surface area contributed by atoms with Crippen molar-refractivity contribution in [2.24, 2.45) is 0 Å². The minimum absolute atomic E-state index is 0.00745. The van der Waals surface area contributed by atoms with Gasteiger partial charge in [0.2, 0.25) is 0 Å². The lowest BCUT2D eigenvalue weighted by Crippen LogP contribution is -2.02. The Bertz CT molecular complexity index is 729. The van der Waals surface area contributed by atoms with Gasteiger partial charge in [0.25, 0.3) is 0 Å². The summed E-state index contributed by atoms with van der Waals surface area (Å²) in [6, 6.07) is 14.9. The number of rotatable bonds is 3. The molecule has 19 heavy (non-hydrogen) atoms. The molecular formula is C16H13NO2. The fourth-order valence-electron chi connectivity index (χ4n) is 2.19. The molecule has 3 heteroatoms. The second kappa shape index (κ2) is 4.61. The Hall–Kier alpha value is -2.55. The van der Waals surface area contributed by atoms with Gasteiger partial charge in [0.15, 0.2) is 5.78 Å². The lowest BCUT2D eigenvalue weighted by molar-refractivity contribution is 0.104. The zero-order valence-electron chi connectivity index (χ0n) is 10.5. The third kappa shape index (κ3) is 1.99. The number of ether oxygens (including phenoxy) is 1. The number of hydrogen-bond donors (Lipinski definition) is 1. The number of fused-ring (bicyclic) bond motifs is 1. The molecule has 0 aliphatic rings. The van der Waals surface area contributed by atoms with E-state index < -0.39 is 0 Å². The largest absolute Gasteiger partial charge is 0.497 e. The van der Waals surface area contributed by atoms with Crippen molar-refractivity contribution in [3.63, 3.8) is 0 Å². The van der Waals surface area contributed by atoms with Gasteiger partial charge in [-0.15, -0.1) is 0 Å². The molecule has 94 valence electrons. The fourth-order valence-corrected chi connectivity index (χ4v) is 2.19. The molecule has 0 fully saturated rings. The topological polar surface area (TPSA) is 42.1 Å². The Kier molecular flexibility index (Phi) is 2.80. The molecular weight excluding hydrogens is 238 g/mol. The summed E-state index contributed by atoms with van der Waals surface area (Å²) in [5.74, 6) is 0.679. The number of carbonyl (C=O) groups is 1. The van der Waals surface area contributed by atoms with E-state index in [1.54, 1.807) is 13.2 Å². The van der Waals surface area contributed by atoms with E-state index in [1.807, 2.05) is 48.7 Å². The number of nitrogens with one attached hydrogen (secondary N) is 1. The van der Waals surface area contributed by atoms with E-state index in [1.165, 1.54) is 0 Å². The average molecular weight is 251 g/mol. The molecule has 0 spiro atoms. The van der Waals surface area contributed by atoms with Gasteiger partial charge in [0.05, 0.1) is 18.2 Å². The third-order valence-corrected chi connectivity index (χ3v) is 3.15. The summed E-state index contributed by atoms with van der Waals surface area (Å²) in [5, 5.41) is 0.971. The van der Waals surface area contributed by atoms with Gasteiger partial charge in [0.1, 0.15) is 5.75 Å². The SMILES string of the molecule is COc1cc(C(=O)c2ccccc2)c2[nH]ccc2c1. The molecule has 0 unspecified atom stereocenters. The first kappa shape index (κ1) is 11.5. The zero-order valence-corrected chi connectivity index (χ0v) is 10.5. The molecule has 3 nitrogen and oxygen atoms in total. The molecule has 1 N–H and O–H groups in total. The molecule has 0 atom stereocenters. The maximum atomic E-state index is 12.6. The van der Waals surface area contributed by atoms with E-state index in [0.29, 0.717) is 16.9 Å². The van der Waals surface area contributed by atoms with Crippen LogP contribution in [-0.4, -0.2) is 17.9 Å². The first-order valence-corrected chi connectivity index (χ1v) is 6.04. The van der Waals surface area contributed by atoms with E-state index in [4.69, 9.17) is 4.74 Å². The van der Waals surface area contributed by atoms with Crippen molar-refractivity contribution in [2.45, 2.75) is 0 Å². The normalized spacial score (nSPS) is 10.6. The van der Waals surface area contributed by atoms with Gasteiger partial charge in [-0.25, -0.2) is 0 Å². The van der Waals surface area contributed by atoms with Crippen molar-refractivity contribution in [1.82, 2.24) is 4.98 Å². The quantitative estimate of drug-likeness (QED) is 0.725. The molecule has 0 saturated carbocycles. The van der Waals surface area contributed by atoms with Crippen molar-refractivity contribution in [2.75, 3.05) is 7.11 Å². The molecule has 0 amide bonds. The van der Waals surface area contributed by atoms with Crippen LogP contribution >= 0.6 is 0 Å². The molecule has 0 radical (unpaired) electrons. The van der Waals surface area contributed by atoms with Crippen LogP contribution in [0, 0.1) is 0 Å². The maximum absolute atomic E-state index is 12.6. The summed E-state index contributed by atoms with van der Waals surface area (Å²) < 4.78 is 5.25. The van der Waals surface area contributed by atoms with Gasteiger partial charge < -0.3 is 9.72 Å². The van der Waals surface area contributed by atoms with Gasteiger partial charge in [-0.1, -0.05) is 30.3 Å². The van der Waals surface area contributed by atoms with Crippen LogP contribution in [0.3, 0.4) is 0 Å². The van der Waals surface area contributed by atoms with Crippen molar-refractivity contribution in [1.29, 1.82) is 0 Å². The van der Waals surface area contributed by atoms with E-state index in [2.05, 4.69) is 4.98 Å². The van der Waals surface area contributed by atoms with Crippen LogP contribution in [0.15, 0.2) is 54.7 Å². The summed E-state index contributed by atoms with van der Waals surface area (Å²) in [5.41, 5.74) is 2.15. The number of aromatic amines is 1. The van der Waals surface area contributed by atoms with Gasteiger partial charge in [-0.2, -0.15) is 0 Å². The second-order valence-corrected chi connectivity index (χ2v) is 4.31. The highest BCUT2D eigenvalue weighted by Gasteiger charge is 2.14. The van der Waals surface area contributed by atoms with Gasteiger partial charge in [-0.05, 0) is 18.2 Å². The highest BCUT2D eigenvalue weighted by Crippen LogP contribution is 2.26. The number of hydrogen-bond acceptors (Lipinski definition) is 2. The van der Waals surface area contributed by atoms with E-state index in [-0.39, 0.29) is 5.78 Å². The Morgan fingerprint density at radius 1 is 1.11 bits per heavy atom. The standard InChI is InChI=1S/C16H13NO2/c1-19-13-9-12-7-8-17-15(12)14(10-13)16(18)11-5-3-2-4-6-11/h2-10,17H,1H3. The predicted molar refractivity (Wildman–Crippen MR) is 74.7 cm³/mol. The summed E-state index contributed by atoms with van der Waals surface area (Å²) in [6.07, 6.45) is 1.83. The molecule has 0 aliphatic carbocycles. The van der Waals surface area contributed by atoms with Crippen LogP contribution in [0.2, 0.25) is 0 Å². The minimum atomic E-state index is -0.00745. The van der Waals surface area contributed by atoms with Crippen molar-refractivity contribution >= 4 is 16.7 Å². The molecule has 0 aliphatic heterocycles. The van der Waals surface area contributed by atoms with Crippen LogP contribution < -0.4 is 4.74 Å². The molecule has 3 aromatic rings. The van der Waals surface area contributed by atoms with Crippen molar-refractivity contribution in [3.05, 3.63) is 65.9 Å². The van der Waals surface area contributed by atoms with E-state index >= 15 is 0 Å². The van der Waals surface area contributed by atoms with Gasteiger partial charge >= 0.3 is 0 Å². The smallest absolute Gasteiger partial charge is 0.195 e. The molecule has 3 rings (SSSR count). The van der Waals surface area contributed by atoms with Crippen LogP contribution in [0.1, 0.15) is 15.9 Å². The van der Waals surface area contributed by atoms with Gasteiger partial charge in [-0.3, -0.25) is 4.79 Å². The van der Waals surface area contributed by atoms with Crippen molar-refractivity contribution < 1.29 is 9.53 Å². The maximum Gasteiger partial charge on any atom is 0.195 e. The van der Waals surface area contributed by atoms with E-state index in [0.717, 1.165) is 10.9 Å². The molecule has 2 aromatic carbocycles. The Morgan fingerprint density at radius 3 is 2.63 bits per heavy atom. The fraction of sp³-hybridized carbons (Fsp3) is 0.0625. The summed E-state index contributed by atoms with van der Waals surface area (Å²) in [7, 11) is 1.60. The first-order chi connectivity index (χ1) is 9.29. The third-order valence-electron chi connectivity index (χ3n) is 3.15. The highest BCUT2D eigenvalue weighted by atomic mass is 16.5. The lowest BCUT2D eigenvalue weighted by atomic mass is 10.0. The lowest BCUT2D eigenvalue weighted by Gasteiger charge is -2.06. The van der Waals surface area contributed by atoms with E-state index in [9.17, 15) is 4.79 Å². The Labute approximate surface area is 110 Å². The molecule has 1 aromatic heterocycles. The summed E-state index contributed by atoms with van der Waals surface area (Å²) in [6.45, 7) is 0. The predicted octanol–water partition coefficient (Wildman–Crippen LogP) is 3.41. The number of carbonyl (C=O) groups excluding carboxylic acids is 1. The Balaban J connectivity index is 2.19. The number of H-pyrrole nitrogens is 1. The molecule has 1 heterocycles. The number of benzene rings is 2. The zero-order chi connectivity index (χ0) is 13.2. The minimum Gasteiger partial charge on any atom is -0.497 e. The van der Waals surface area contributed by atoms with Crippen LogP contribution in [-0.2, 0) is 0 Å². The highest BCUT2D eigenvalue weighted by molar-refractivity contribution is 6.16. The molecule has 0 bridgehead atoms. The number of ketones is 1. The summed E-state index contributed by atoms with van der Waals surface area (Å²) >= 11 is 0. The monoisotopic (exact) mass is 251 g/mol. The van der Waals surface area contributed by atoms with Crippen LogP contribution in [0.5, 0.6) is 5.75 Å². The second-order valence-electron chi connectivity index (χ2n) is 4.31. The first-order valence-electron chi connectivity index (χ1n) is 6.04. The number of aromatic nitrogens is 1. The Morgan fingerprint density at radius 2 is 1.89 bits per heavy atom. The molecule has 0 saturated heterocycles. The number of methoxy groups -OCH3 is 1. The average Bonchev–Trinajstić information content (AvgIpc) is 2.94.